The molecule has 0 N–H and O–H groups in total. The van der Waals surface area contributed by atoms with Crippen LogP contribution in [0.2, 0.25) is 0 Å². The molecule has 0 fully saturated rings. The van der Waals surface area contributed by atoms with Gasteiger partial charge in [-0.15, -0.1) is 0 Å². The Bertz CT molecular complexity index is 572. The van der Waals surface area contributed by atoms with Crippen molar-refractivity contribution in [2.45, 2.75) is 6.61 Å². The Morgan fingerprint density at radius 2 is 2.05 bits per heavy atom. The summed E-state index contributed by atoms with van der Waals surface area (Å²) in [5.41, 5.74) is 0.885. The van der Waals surface area contributed by atoms with E-state index in [1.165, 1.54) is 13.2 Å². The van der Waals surface area contributed by atoms with Gasteiger partial charge in [0, 0.05) is 6.07 Å². The van der Waals surface area contributed by atoms with Gasteiger partial charge in [-0.05, 0) is 5.56 Å². The molecule has 5 heteroatoms. The van der Waals surface area contributed by atoms with Gasteiger partial charge in [0.15, 0.2) is 12.0 Å². The Kier molecular flexibility index (Phi) is 4.07. The van der Waals surface area contributed by atoms with Crippen LogP contribution in [0.3, 0.4) is 0 Å². The van der Waals surface area contributed by atoms with Crippen LogP contribution in [0.25, 0.3) is 0 Å². The van der Waals surface area contributed by atoms with Crippen LogP contribution >= 0.6 is 0 Å². The third-order valence-corrected chi connectivity index (χ3v) is 2.48. The smallest absolute Gasteiger partial charge is 0.259 e. The molecular weight excluding hydrogens is 249 g/mol. The van der Waals surface area contributed by atoms with E-state index in [2.05, 4.69) is 4.98 Å². The van der Waals surface area contributed by atoms with Gasteiger partial charge in [0.25, 0.3) is 5.95 Å². The van der Waals surface area contributed by atoms with E-state index in [0.717, 1.165) is 5.56 Å². The van der Waals surface area contributed by atoms with Gasteiger partial charge in [-0.1, -0.05) is 30.3 Å². The van der Waals surface area contributed by atoms with Crippen molar-refractivity contribution in [2.75, 3.05) is 7.11 Å². The van der Waals surface area contributed by atoms with E-state index in [9.17, 15) is 9.18 Å². The normalized spacial score (nSPS) is 10.0. The third kappa shape index (κ3) is 3.07. The fourth-order valence-electron chi connectivity index (χ4n) is 1.59. The van der Waals surface area contributed by atoms with Crippen molar-refractivity contribution in [1.82, 2.24) is 4.98 Å². The van der Waals surface area contributed by atoms with Gasteiger partial charge in [0.05, 0.1) is 7.11 Å². The number of pyridine rings is 1. The highest BCUT2D eigenvalue weighted by Crippen LogP contribution is 2.30. The van der Waals surface area contributed by atoms with Crippen LogP contribution in [-0.2, 0) is 6.61 Å². The summed E-state index contributed by atoms with van der Waals surface area (Å²) in [6.45, 7) is 0.249. The second-order valence-corrected chi connectivity index (χ2v) is 3.76. The molecule has 0 unspecified atom stereocenters. The molecule has 0 saturated heterocycles. The van der Waals surface area contributed by atoms with Gasteiger partial charge in [-0.25, -0.2) is 4.98 Å². The van der Waals surface area contributed by atoms with Crippen LogP contribution in [0.1, 0.15) is 16.1 Å². The number of aldehydes is 1. The van der Waals surface area contributed by atoms with Gasteiger partial charge >= 0.3 is 0 Å². The van der Waals surface area contributed by atoms with Crippen molar-refractivity contribution in [3.8, 4) is 11.5 Å². The van der Waals surface area contributed by atoms with Crippen LogP contribution in [0.4, 0.5) is 4.39 Å². The first-order chi connectivity index (χ1) is 9.24. The van der Waals surface area contributed by atoms with Crippen molar-refractivity contribution in [3.63, 3.8) is 0 Å². The second kappa shape index (κ2) is 5.95. The van der Waals surface area contributed by atoms with Crippen molar-refractivity contribution in [3.05, 3.63) is 53.6 Å². The number of rotatable bonds is 5. The molecule has 1 aromatic carbocycles. The summed E-state index contributed by atoms with van der Waals surface area (Å²) in [6.07, 6.45) is 0.456. The largest absolute Gasteiger partial charge is 0.489 e. The monoisotopic (exact) mass is 261 g/mol. The fourth-order valence-corrected chi connectivity index (χ4v) is 1.59. The third-order valence-electron chi connectivity index (χ3n) is 2.48. The number of ether oxygens (including phenoxy) is 2. The Labute approximate surface area is 109 Å². The number of aromatic nitrogens is 1. The molecule has 0 amide bonds. The Morgan fingerprint density at radius 1 is 1.32 bits per heavy atom. The van der Waals surface area contributed by atoms with Crippen LogP contribution < -0.4 is 9.47 Å². The Hall–Kier alpha value is -2.43. The first-order valence-corrected chi connectivity index (χ1v) is 5.61. The molecule has 1 aromatic heterocycles. The highest BCUT2D eigenvalue weighted by molar-refractivity contribution is 5.73. The number of carbonyl (C=O) groups excluding carboxylic acids is 1. The lowest BCUT2D eigenvalue weighted by Gasteiger charge is -2.11. The molecule has 98 valence electrons. The molecule has 0 aliphatic carbocycles. The minimum Gasteiger partial charge on any atom is -0.489 e. The fraction of sp³-hybridized carbons (Fsp3) is 0.143. The number of hydrogen-bond donors (Lipinski definition) is 0. The summed E-state index contributed by atoms with van der Waals surface area (Å²) in [4.78, 5) is 14.1. The first-order valence-electron chi connectivity index (χ1n) is 5.61. The lowest BCUT2D eigenvalue weighted by atomic mass is 10.2. The maximum absolute atomic E-state index is 13.5. The van der Waals surface area contributed by atoms with Gasteiger partial charge in [0.2, 0.25) is 5.75 Å². The average molecular weight is 261 g/mol. The minimum atomic E-state index is -0.866. The molecule has 2 rings (SSSR count). The molecule has 2 aromatic rings. The Balaban J connectivity index is 2.23. The van der Waals surface area contributed by atoms with Crippen LogP contribution in [0, 0.1) is 5.95 Å². The molecule has 0 saturated carbocycles. The highest BCUT2D eigenvalue weighted by Gasteiger charge is 2.14. The number of nitrogens with zero attached hydrogens (tertiary/aromatic N) is 1. The minimum absolute atomic E-state index is 0.0404. The summed E-state index contributed by atoms with van der Waals surface area (Å²) in [7, 11) is 1.32. The quantitative estimate of drug-likeness (QED) is 0.613. The van der Waals surface area contributed by atoms with Crippen molar-refractivity contribution < 1.29 is 18.7 Å². The van der Waals surface area contributed by atoms with E-state index >= 15 is 0 Å². The standard InChI is InChI=1S/C14H12FNO3/c1-18-13-12(7-11(8-17)16-14(13)15)19-9-10-5-3-2-4-6-10/h2-8H,9H2,1H3. The summed E-state index contributed by atoms with van der Waals surface area (Å²) in [5, 5.41) is 0. The predicted octanol–water partition coefficient (Wildman–Crippen LogP) is 2.62. The van der Waals surface area contributed by atoms with E-state index in [1.54, 1.807) is 0 Å². The average Bonchev–Trinajstić information content (AvgIpc) is 2.45. The molecule has 0 aliphatic heterocycles. The van der Waals surface area contributed by atoms with Gasteiger partial charge in [-0.2, -0.15) is 4.39 Å². The molecule has 0 spiro atoms. The van der Waals surface area contributed by atoms with E-state index in [1.807, 2.05) is 30.3 Å². The number of methoxy groups -OCH3 is 1. The lowest BCUT2D eigenvalue weighted by Crippen LogP contribution is -2.02. The number of benzene rings is 1. The summed E-state index contributed by atoms with van der Waals surface area (Å²) < 4.78 is 23.9. The molecule has 0 bridgehead atoms. The van der Waals surface area contributed by atoms with Gasteiger partial charge < -0.3 is 9.47 Å². The zero-order valence-corrected chi connectivity index (χ0v) is 10.3. The summed E-state index contributed by atoms with van der Waals surface area (Å²) >= 11 is 0. The zero-order valence-electron chi connectivity index (χ0n) is 10.3. The molecule has 0 aliphatic rings. The second-order valence-electron chi connectivity index (χ2n) is 3.76. The van der Waals surface area contributed by atoms with E-state index < -0.39 is 5.95 Å². The molecule has 19 heavy (non-hydrogen) atoms. The molecule has 0 radical (unpaired) electrons. The maximum atomic E-state index is 13.5. The lowest BCUT2D eigenvalue weighted by molar-refractivity contribution is 0.111. The van der Waals surface area contributed by atoms with E-state index in [0.29, 0.717) is 6.29 Å². The summed E-state index contributed by atoms with van der Waals surface area (Å²) in [5.74, 6) is -0.822. The number of halogens is 1. The van der Waals surface area contributed by atoms with Crippen LogP contribution in [0.5, 0.6) is 11.5 Å². The van der Waals surface area contributed by atoms with Gasteiger partial charge in [0.1, 0.15) is 12.3 Å². The molecule has 0 atom stereocenters. The van der Waals surface area contributed by atoms with Crippen LogP contribution in [0.15, 0.2) is 36.4 Å². The maximum Gasteiger partial charge on any atom is 0.259 e. The zero-order chi connectivity index (χ0) is 13.7. The SMILES string of the molecule is COc1c(OCc2ccccc2)cc(C=O)nc1F. The van der Waals surface area contributed by atoms with Crippen molar-refractivity contribution in [1.29, 1.82) is 0 Å². The summed E-state index contributed by atoms with van der Waals surface area (Å²) in [6, 6.07) is 10.7. The first kappa shape index (κ1) is 13.0. The highest BCUT2D eigenvalue weighted by atomic mass is 19.1. The van der Waals surface area contributed by atoms with Crippen molar-refractivity contribution >= 4 is 6.29 Å². The predicted molar refractivity (Wildman–Crippen MR) is 66.9 cm³/mol. The molecular formula is C14H12FNO3. The van der Waals surface area contributed by atoms with Crippen molar-refractivity contribution in [2.24, 2.45) is 0 Å². The van der Waals surface area contributed by atoms with E-state index in [-0.39, 0.29) is 23.8 Å². The van der Waals surface area contributed by atoms with Gasteiger partial charge in [-0.3, -0.25) is 4.79 Å². The Morgan fingerprint density at radius 3 is 2.68 bits per heavy atom. The molecule has 4 nitrogen and oxygen atoms in total. The topological polar surface area (TPSA) is 48.4 Å². The molecule has 1 heterocycles. The van der Waals surface area contributed by atoms with E-state index in [4.69, 9.17) is 9.47 Å². The van der Waals surface area contributed by atoms with Crippen LogP contribution in [-0.4, -0.2) is 18.4 Å². The number of hydrogen-bond acceptors (Lipinski definition) is 4. The number of carbonyl (C=O) groups is 1.